The lowest BCUT2D eigenvalue weighted by Crippen LogP contribution is -2.43. The zero-order chi connectivity index (χ0) is 21.3. The molecule has 29 heavy (non-hydrogen) atoms. The van der Waals surface area contributed by atoms with Gasteiger partial charge in [0.15, 0.2) is 5.78 Å². The summed E-state index contributed by atoms with van der Waals surface area (Å²) in [4.78, 5) is 38.7. The molecule has 2 aliphatic rings. The summed E-state index contributed by atoms with van der Waals surface area (Å²) in [7, 11) is 1.28. The molecular formula is C22H24BrNO5. The van der Waals surface area contributed by atoms with Crippen LogP contribution in [0.2, 0.25) is 0 Å². The summed E-state index contributed by atoms with van der Waals surface area (Å²) in [5.74, 6) is -3.05. The van der Waals surface area contributed by atoms with Crippen LogP contribution in [-0.4, -0.2) is 31.4 Å². The Bertz CT molecular complexity index is 933. The number of esters is 2. The van der Waals surface area contributed by atoms with Gasteiger partial charge in [0.1, 0.15) is 5.92 Å². The minimum absolute atomic E-state index is 0.207. The molecule has 0 unspecified atom stereocenters. The van der Waals surface area contributed by atoms with Crippen molar-refractivity contribution in [2.45, 2.75) is 33.1 Å². The second-order valence-corrected chi connectivity index (χ2v) is 8.23. The summed E-state index contributed by atoms with van der Waals surface area (Å²) < 4.78 is 11.0. The third-order valence-electron chi connectivity index (χ3n) is 5.42. The number of nitrogens with one attached hydrogen (secondary N) is 1. The number of hydrogen-bond donors (Lipinski definition) is 1. The minimum Gasteiger partial charge on any atom is -0.468 e. The molecule has 0 fully saturated rings. The van der Waals surface area contributed by atoms with Gasteiger partial charge in [-0.1, -0.05) is 35.0 Å². The first-order valence-corrected chi connectivity index (χ1v) is 10.3. The van der Waals surface area contributed by atoms with Crippen LogP contribution in [0.25, 0.3) is 0 Å². The summed E-state index contributed by atoms with van der Waals surface area (Å²) >= 11 is 3.47. The van der Waals surface area contributed by atoms with Gasteiger partial charge in [-0.2, -0.15) is 0 Å². The van der Waals surface area contributed by atoms with E-state index in [2.05, 4.69) is 21.2 Å². The van der Waals surface area contributed by atoms with Crippen LogP contribution in [0.15, 0.2) is 51.3 Å². The molecule has 3 rings (SSSR count). The molecule has 3 atom stereocenters. The predicted octanol–water partition coefficient (Wildman–Crippen LogP) is 3.63. The van der Waals surface area contributed by atoms with E-state index in [9.17, 15) is 14.4 Å². The second-order valence-electron chi connectivity index (χ2n) is 7.31. The van der Waals surface area contributed by atoms with Gasteiger partial charge in [0.25, 0.3) is 0 Å². The maximum absolute atomic E-state index is 13.5. The molecule has 1 heterocycles. The van der Waals surface area contributed by atoms with Crippen molar-refractivity contribution in [2.75, 3.05) is 13.7 Å². The highest BCUT2D eigenvalue weighted by Crippen LogP contribution is 2.45. The number of dihydropyridines is 1. The highest BCUT2D eigenvalue weighted by molar-refractivity contribution is 9.10. The first kappa shape index (κ1) is 21.3. The maximum atomic E-state index is 13.5. The Morgan fingerprint density at radius 3 is 2.66 bits per heavy atom. The lowest BCUT2D eigenvalue weighted by atomic mass is 9.69. The monoisotopic (exact) mass is 461 g/mol. The molecule has 1 aliphatic carbocycles. The predicted molar refractivity (Wildman–Crippen MR) is 111 cm³/mol. The van der Waals surface area contributed by atoms with Gasteiger partial charge in [-0.05, 0) is 43.9 Å². The standard InChI is InChI=1S/C22H24BrNO5/c1-5-29-22(27)17-12(3)24-15-9-11(2)16(21(26)28-4)20(25)19(15)18(17)13-7-6-8-14(23)10-13/h6-8,10-11,16,18,24H,5,9H2,1-4H3/t11-,16-,18-/m1/s1. The molecule has 0 bridgehead atoms. The summed E-state index contributed by atoms with van der Waals surface area (Å²) in [5.41, 5.74) is 3.00. The van der Waals surface area contributed by atoms with Gasteiger partial charge in [-0.3, -0.25) is 9.59 Å². The van der Waals surface area contributed by atoms with Crippen molar-refractivity contribution >= 4 is 33.7 Å². The van der Waals surface area contributed by atoms with Crippen molar-refractivity contribution in [3.05, 3.63) is 56.8 Å². The second kappa shape index (κ2) is 8.53. The van der Waals surface area contributed by atoms with Gasteiger partial charge in [-0.25, -0.2) is 4.79 Å². The molecule has 1 N–H and O–H groups in total. The van der Waals surface area contributed by atoms with Crippen molar-refractivity contribution in [2.24, 2.45) is 11.8 Å². The number of carbonyl (C=O) groups is 3. The van der Waals surface area contributed by atoms with E-state index < -0.39 is 23.8 Å². The number of rotatable bonds is 4. The maximum Gasteiger partial charge on any atom is 0.336 e. The van der Waals surface area contributed by atoms with Crippen LogP contribution < -0.4 is 5.32 Å². The first-order valence-electron chi connectivity index (χ1n) is 9.55. The molecule has 0 saturated heterocycles. The fourth-order valence-corrected chi connectivity index (χ4v) is 4.60. The zero-order valence-electron chi connectivity index (χ0n) is 16.9. The van der Waals surface area contributed by atoms with E-state index in [1.54, 1.807) is 6.92 Å². The normalized spacial score (nSPS) is 24.0. The van der Waals surface area contributed by atoms with E-state index in [0.717, 1.165) is 15.7 Å². The fourth-order valence-electron chi connectivity index (χ4n) is 4.18. The first-order chi connectivity index (χ1) is 13.8. The van der Waals surface area contributed by atoms with Gasteiger partial charge in [-0.15, -0.1) is 0 Å². The molecule has 0 aromatic heterocycles. The van der Waals surface area contributed by atoms with Crippen LogP contribution in [-0.2, 0) is 23.9 Å². The van der Waals surface area contributed by atoms with Gasteiger partial charge >= 0.3 is 11.9 Å². The topological polar surface area (TPSA) is 81.7 Å². The number of hydrogen-bond acceptors (Lipinski definition) is 6. The number of methoxy groups -OCH3 is 1. The largest absolute Gasteiger partial charge is 0.468 e. The average molecular weight is 462 g/mol. The molecule has 1 aromatic carbocycles. The van der Waals surface area contributed by atoms with Crippen molar-refractivity contribution in [3.63, 3.8) is 0 Å². The highest BCUT2D eigenvalue weighted by atomic mass is 79.9. The van der Waals surface area contributed by atoms with E-state index in [0.29, 0.717) is 23.3 Å². The average Bonchev–Trinajstić information content (AvgIpc) is 2.66. The van der Waals surface area contributed by atoms with Crippen molar-refractivity contribution in [1.29, 1.82) is 0 Å². The Morgan fingerprint density at radius 1 is 1.31 bits per heavy atom. The van der Waals surface area contributed by atoms with Crippen LogP contribution >= 0.6 is 15.9 Å². The molecule has 0 amide bonds. The number of Topliss-reactive ketones (excluding diaryl/α,β-unsaturated/α-hetero) is 1. The summed E-state index contributed by atoms with van der Waals surface area (Å²) in [6.45, 7) is 5.63. The number of ether oxygens (including phenoxy) is 2. The van der Waals surface area contributed by atoms with E-state index in [-0.39, 0.29) is 18.3 Å². The van der Waals surface area contributed by atoms with E-state index in [4.69, 9.17) is 9.47 Å². The van der Waals surface area contributed by atoms with Gasteiger partial charge < -0.3 is 14.8 Å². The smallest absolute Gasteiger partial charge is 0.336 e. The van der Waals surface area contributed by atoms with Crippen LogP contribution in [0, 0.1) is 11.8 Å². The molecule has 1 aliphatic heterocycles. The van der Waals surface area contributed by atoms with Crippen LogP contribution in [0.3, 0.4) is 0 Å². The molecule has 0 spiro atoms. The Kier molecular flexibility index (Phi) is 6.27. The summed E-state index contributed by atoms with van der Waals surface area (Å²) in [6.07, 6.45) is 0.513. The van der Waals surface area contributed by atoms with Crippen LogP contribution in [0.1, 0.15) is 38.7 Å². The Hall–Kier alpha value is -2.41. The third kappa shape index (κ3) is 3.88. The van der Waals surface area contributed by atoms with E-state index >= 15 is 0 Å². The molecule has 154 valence electrons. The third-order valence-corrected chi connectivity index (χ3v) is 5.91. The van der Waals surface area contributed by atoms with Crippen molar-refractivity contribution in [3.8, 4) is 0 Å². The van der Waals surface area contributed by atoms with Crippen LogP contribution in [0.4, 0.5) is 0 Å². The lowest BCUT2D eigenvalue weighted by Gasteiger charge is -2.38. The summed E-state index contributed by atoms with van der Waals surface area (Å²) in [5, 5.41) is 3.23. The van der Waals surface area contributed by atoms with Gasteiger partial charge in [0, 0.05) is 27.4 Å². The lowest BCUT2D eigenvalue weighted by molar-refractivity contribution is -0.151. The number of allylic oxidation sites excluding steroid dienone is 3. The SMILES string of the molecule is CCOC(=O)C1=C(C)NC2=C(C(=O)[C@H](C(=O)OC)[C@H](C)C2)[C@@H]1c1cccc(Br)c1. The number of benzene rings is 1. The Labute approximate surface area is 178 Å². The quantitative estimate of drug-likeness (QED) is 0.544. The molecule has 1 aromatic rings. The molecule has 0 saturated carbocycles. The number of ketones is 1. The highest BCUT2D eigenvalue weighted by Gasteiger charge is 2.47. The summed E-state index contributed by atoms with van der Waals surface area (Å²) in [6, 6.07) is 7.48. The van der Waals surface area contributed by atoms with Crippen LogP contribution in [0.5, 0.6) is 0 Å². The molecule has 7 heteroatoms. The van der Waals surface area contributed by atoms with Gasteiger partial charge in [0.05, 0.1) is 19.3 Å². The number of carbonyl (C=O) groups excluding carboxylic acids is 3. The fraction of sp³-hybridized carbons (Fsp3) is 0.409. The van der Waals surface area contributed by atoms with Crippen molar-refractivity contribution < 1.29 is 23.9 Å². The molecule has 0 radical (unpaired) electrons. The minimum atomic E-state index is -0.892. The molecular weight excluding hydrogens is 438 g/mol. The molecule has 6 nitrogen and oxygen atoms in total. The van der Waals surface area contributed by atoms with E-state index in [1.807, 2.05) is 38.1 Å². The van der Waals surface area contributed by atoms with E-state index in [1.165, 1.54) is 7.11 Å². The Morgan fingerprint density at radius 2 is 2.03 bits per heavy atom. The van der Waals surface area contributed by atoms with Gasteiger partial charge in [0.2, 0.25) is 0 Å². The van der Waals surface area contributed by atoms with Crippen molar-refractivity contribution in [1.82, 2.24) is 5.32 Å². The number of halogens is 1. The Balaban J connectivity index is 2.19. The zero-order valence-corrected chi connectivity index (χ0v) is 18.5.